The molecule has 25 nitrogen and oxygen atoms in total. The number of piperidine rings is 3. The molecule has 0 aromatic rings. The predicted molar refractivity (Wildman–Crippen MR) is 582 cm³/mol. The van der Waals surface area contributed by atoms with Gasteiger partial charge in [0.25, 0.3) is 5.92 Å². The fourth-order valence-corrected chi connectivity index (χ4v) is 17.5. The first-order valence-electron chi connectivity index (χ1n) is 55.1. The molecule has 9 atom stereocenters. The fraction of sp³-hybridized carbons (Fsp3) is 0.973. The second-order valence-corrected chi connectivity index (χ2v) is 51.6. The number of nitrogens with one attached hydrogen (secondary N) is 2. The van der Waals surface area contributed by atoms with E-state index in [1.807, 2.05) is 41.5 Å². The van der Waals surface area contributed by atoms with Gasteiger partial charge in [0.15, 0.2) is 0 Å². The summed E-state index contributed by atoms with van der Waals surface area (Å²) in [4.78, 5) is 33.3. The van der Waals surface area contributed by atoms with Crippen LogP contribution in [0.25, 0.3) is 0 Å². The third-order valence-electron chi connectivity index (χ3n) is 24.9. The summed E-state index contributed by atoms with van der Waals surface area (Å²) in [6.45, 7) is 119. The number of ether oxygens (including phenoxy) is 13. The van der Waals surface area contributed by atoms with Gasteiger partial charge in [-0.1, -0.05) is 40.2 Å². The number of nitrogens with zero attached hydrogens (tertiary/aromatic N) is 9. The van der Waals surface area contributed by atoms with Gasteiger partial charge in [0.05, 0.1) is 172 Å². The molecule has 0 radical (unpaired) electrons. The molecule has 10 saturated heterocycles. The Morgan fingerprint density at radius 3 is 1.27 bits per heavy atom. The van der Waals surface area contributed by atoms with Crippen molar-refractivity contribution >= 4 is 5.78 Å². The zero-order valence-electron chi connectivity index (χ0n) is 99.0. The Bertz CT molecular complexity index is 3070. The highest BCUT2D eigenvalue weighted by molar-refractivity contribution is 5.81. The largest absolute Gasteiger partial charge is 0.378 e. The van der Waals surface area contributed by atoms with Crippen LogP contribution in [0.5, 0.6) is 0 Å². The molecule has 140 heavy (non-hydrogen) atoms. The van der Waals surface area contributed by atoms with Crippen LogP contribution in [0.2, 0.25) is 0 Å². The lowest BCUT2D eigenvalue weighted by Crippen LogP contribution is -2.50. The predicted octanol–water partition coefficient (Wildman–Crippen LogP) is 20.0. The molecule has 10 heterocycles. The molecule has 10 rings (SSSR count). The van der Waals surface area contributed by atoms with Crippen LogP contribution >= 0.6 is 0 Å². The summed E-state index contributed by atoms with van der Waals surface area (Å²) in [6, 6.07) is 2.23. The van der Waals surface area contributed by atoms with Gasteiger partial charge in [0.2, 0.25) is 0 Å². The van der Waals surface area contributed by atoms with Crippen molar-refractivity contribution in [3.63, 3.8) is 0 Å². The number of likely N-dealkylation sites (N-methyl/N-ethyl adjacent to an activating group) is 1. The van der Waals surface area contributed by atoms with Gasteiger partial charge in [-0.2, -0.15) is 0 Å². The first kappa shape index (κ1) is 136. The van der Waals surface area contributed by atoms with Crippen molar-refractivity contribution in [2.45, 2.75) is 470 Å². The molecular weight excluding hydrogens is 1770 g/mol. The molecule has 7 unspecified atom stereocenters. The zero-order chi connectivity index (χ0) is 107. The number of piperazine rings is 1. The number of Topliss-reactive ketones (excluding diaryl/α,β-unsaturated/α-hetero) is 1. The van der Waals surface area contributed by atoms with Crippen LogP contribution in [0.3, 0.4) is 0 Å². The van der Waals surface area contributed by atoms with E-state index in [0.29, 0.717) is 56.3 Å². The van der Waals surface area contributed by atoms with E-state index in [2.05, 4.69) is 290 Å². The zero-order valence-corrected chi connectivity index (χ0v) is 99.0. The normalized spacial score (nSPS) is 24.7. The number of rotatable bonds is 31. The molecule has 0 spiro atoms. The van der Waals surface area contributed by atoms with E-state index in [4.69, 9.17) is 61.6 Å². The van der Waals surface area contributed by atoms with E-state index >= 15 is 0 Å². The van der Waals surface area contributed by atoms with Gasteiger partial charge in [0, 0.05) is 161 Å². The number of allylic oxidation sites excluding steroid dienone is 1. The molecule has 10 fully saturated rings. The Morgan fingerprint density at radius 1 is 0.436 bits per heavy atom. The van der Waals surface area contributed by atoms with Gasteiger partial charge < -0.3 is 86.9 Å². The Hall–Kier alpha value is -1.85. The topological polar surface area (TPSA) is 190 Å². The number of likely N-dealkylation sites (tertiary alicyclic amines) is 3. The highest BCUT2D eigenvalue weighted by Crippen LogP contribution is 2.36. The van der Waals surface area contributed by atoms with Gasteiger partial charge in [-0.3, -0.25) is 34.2 Å². The van der Waals surface area contributed by atoms with E-state index in [9.17, 15) is 13.6 Å². The Kier molecular flexibility index (Phi) is 65.6. The number of ketones is 1. The number of carbonyl (C=O) groups is 1. The van der Waals surface area contributed by atoms with Gasteiger partial charge >= 0.3 is 0 Å². The number of carbonyl (C=O) groups excluding carboxylic acids is 1. The summed E-state index contributed by atoms with van der Waals surface area (Å²) in [7, 11) is 2.14. The van der Waals surface area contributed by atoms with Crippen molar-refractivity contribution in [3.05, 3.63) is 12.3 Å². The molecule has 27 heteroatoms. The number of fused-ring (bicyclic) bond motifs is 2. The average molecular weight is 2010 g/mol. The third kappa shape index (κ3) is 77.5. The molecular formula is C113H231F2N11O14. The van der Waals surface area contributed by atoms with E-state index in [1.165, 1.54) is 109 Å². The van der Waals surface area contributed by atoms with Gasteiger partial charge in [-0.15, -0.1) is 0 Å². The summed E-state index contributed by atoms with van der Waals surface area (Å²) in [5, 5.41) is 6.03. The van der Waals surface area contributed by atoms with Crippen molar-refractivity contribution in [2.24, 2.45) is 5.41 Å². The minimum absolute atomic E-state index is 0.00783. The van der Waals surface area contributed by atoms with Crippen LogP contribution in [0, 0.1) is 5.41 Å². The van der Waals surface area contributed by atoms with Gasteiger partial charge in [-0.25, -0.2) is 8.78 Å². The maximum absolute atomic E-state index is 12.7. The fourth-order valence-electron chi connectivity index (χ4n) is 17.5. The molecule has 2 N–H and O–H groups in total. The molecule has 0 aromatic heterocycles. The first-order chi connectivity index (χ1) is 64.3. The van der Waals surface area contributed by atoms with Crippen LogP contribution in [-0.4, -0.2) is 410 Å². The monoisotopic (exact) mass is 2000 g/mol. The number of hydrogen-bond donors (Lipinski definition) is 2. The standard InChI is InChI=1S/C13H26N2O.C13H25NO.C13H27NO.C12H23NO3.C12H25NO2.C12H25NO.C11H23NO2.C9H17F2NO.C9H19NO.C9H21NO/c1-12(2)15-8-6-14(7-9-15)10-11-16-13(3,4)5;1-13(2,3)15-10-9-14-11-5-4-6-12(14)8-7-11;1-12(2,3)15-11-10-14-8-6-13(4,5)7-9-14;1-10(14)11-9-15-7-5-13(11)6-8-16-12(2,3)4;1-10-8-13(9-11(2)15-10)6-7-14-12(3,4)5;1-11-7-5-6-8-13(11)9-10-14-12(2,3)4;1-10-9-12(5-7-13-10)6-8-14-11(2,3)4;1-8(2,3)13-5-7-4-9(10,11)6-12-7;1-9(2,3)11-8-5-6-10(4)7-8;1-5-6-10-7-8-11-9(2,3)4/h1,6-11H2,2-5H3;11-12H,4-10H2,1-3H3;6-11H2,1-5H3;11H,5-9H2,1-4H3;10-11H,6-9H2,1-5H3;11H,5-10H2,1-4H3;10H,5-9H2,1-4H3;7,12H,4-6H2,1-3H3;8H,5-7H2,1-4H3;10H,5-8H2,1-4H3/t;;;;10-,11+;;;;;. The number of halogens is 2. The molecule has 2 bridgehead atoms. The maximum atomic E-state index is 12.7. The molecule has 0 saturated carbocycles. The molecule has 836 valence electrons. The Labute approximate surface area is 862 Å². The number of morpholine rings is 3. The van der Waals surface area contributed by atoms with Crippen molar-refractivity contribution in [2.75, 3.05) is 243 Å². The van der Waals surface area contributed by atoms with Crippen LogP contribution in [-0.2, 0) is 66.4 Å². The average Bonchev–Trinajstić information content (AvgIpc) is 1.68. The maximum Gasteiger partial charge on any atom is 0.261 e. The molecule has 0 aromatic carbocycles. The van der Waals surface area contributed by atoms with Crippen LogP contribution in [0.15, 0.2) is 12.3 Å². The van der Waals surface area contributed by atoms with E-state index in [0.717, 1.165) is 195 Å². The van der Waals surface area contributed by atoms with Crippen molar-refractivity contribution in [3.8, 4) is 0 Å². The second kappa shape index (κ2) is 67.4. The first-order valence-corrected chi connectivity index (χ1v) is 55.1. The van der Waals surface area contributed by atoms with Gasteiger partial charge in [0.1, 0.15) is 5.78 Å². The van der Waals surface area contributed by atoms with Crippen molar-refractivity contribution < 1.29 is 75.2 Å². The number of hydrogen-bond acceptors (Lipinski definition) is 25. The summed E-state index contributed by atoms with van der Waals surface area (Å²) in [6.07, 6.45) is 17.7. The summed E-state index contributed by atoms with van der Waals surface area (Å²) < 4.78 is 98.7. The van der Waals surface area contributed by atoms with Crippen molar-refractivity contribution in [1.82, 2.24) is 54.7 Å². The lowest BCUT2D eigenvalue weighted by atomic mass is 9.83. The minimum atomic E-state index is -2.55. The van der Waals surface area contributed by atoms with Crippen LogP contribution < -0.4 is 10.6 Å². The van der Waals surface area contributed by atoms with Crippen LogP contribution in [0.4, 0.5) is 8.78 Å². The summed E-state index contributed by atoms with van der Waals surface area (Å²) >= 11 is 0. The minimum Gasteiger partial charge on any atom is -0.378 e. The van der Waals surface area contributed by atoms with Crippen LogP contribution in [0.1, 0.15) is 353 Å². The lowest BCUT2D eigenvalue weighted by Gasteiger charge is -2.37. The quantitative estimate of drug-likeness (QED) is 0.0623. The highest BCUT2D eigenvalue weighted by Gasteiger charge is 2.41. The molecule has 0 amide bonds. The highest BCUT2D eigenvalue weighted by atomic mass is 19.3. The SMILES string of the molecule is C=C(C)N1CCN(CCOC(C)(C)C)CC1.CC(=O)C1COCCN1CCOC(C)(C)C.CC(C)(C)OCC1CC(F)(F)CN1.CC(C)(C)OCCN1C2CCCC1CC2.CC1(C)CCN(CCOC(C)(C)C)CC1.CC1CCCCN1CCOC(C)(C)C.CC1CN(CCOC(C)(C)C)CCO1.CCCNCCOC(C)(C)C.CN1CCC(OC(C)(C)C)C1.C[C@@H]1CN(CCOC(C)(C)C)C[C@H](C)O1. The Balaban J connectivity index is 0.000000779. The third-order valence-corrected chi connectivity index (χ3v) is 24.9. The summed E-state index contributed by atoms with van der Waals surface area (Å²) in [5.41, 5.74) is 1.40. The summed E-state index contributed by atoms with van der Waals surface area (Å²) in [5.74, 6) is -2.37. The van der Waals surface area contributed by atoms with E-state index < -0.39 is 5.92 Å². The number of alkyl halides is 2. The van der Waals surface area contributed by atoms with Gasteiger partial charge in [-0.05, 0) is 352 Å². The lowest BCUT2D eigenvalue weighted by molar-refractivity contribution is -0.129. The molecule has 10 aliphatic rings. The van der Waals surface area contributed by atoms with E-state index in [-0.39, 0.29) is 86.8 Å². The molecule has 10 aliphatic heterocycles. The second-order valence-electron chi connectivity index (χ2n) is 51.6. The Morgan fingerprint density at radius 2 is 0.864 bits per heavy atom. The molecule has 0 aliphatic carbocycles. The van der Waals surface area contributed by atoms with E-state index in [1.54, 1.807) is 6.92 Å². The van der Waals surface area contributed by atoms with Crippen molar-refractivity contribution in [1.29, 1.82) is 0 Å². The smallest absolute Gasteiger partial charge is 0.261 e.